The number of piperidine rings is 1. The number of nitrogens with zero attached hydrogens (tertiary/aromatic N) is 4. The smallest absolute Gasteiger partial charge is 0.408 e. The Morgan fingerprint density at radius 1 is 1.16 bits per heavy atom. The third-order valence-corrected chi connectivity index (χ3v) is 9.14. The average Bonchev–Trinajstić information content (AvgIpc) is 3.84. The SMILES string of the molecule is CC/C(N)=N/C(=O)N1CCC([C@H](C)CCOc2ccc([C@H](NC(=O)OC(C)(C)C)C(=O)N3CCCC34C3=NC34)cc2)CC1. The molecule has 4 aliphatic rings. The first-order chi connectivity index (χ1) is 20.4. The van der Waals surface area contributed by atoms with Crippen LogP contribution in [0.25, 0.3) is 0 Å². The van der Waals surface area contributed by atoms with Gasteiger partial charge in [-0.25, -0.2) is 9.59 Å². The second-order valence-electron chi connectivity index (χ2n) is 13.3. The van der Waals surface area contributed by atoms with Crippen LogP contribution in [-0.4, -0.2) is 82.8 Å². The normalized spacial score (nSPS) is 24.6. The van der Waals surface area contributed by atoms with Crippen molar-refractivity contribution in [3.63, 3.8) is 0 Å². The molecule has 0 radical (unpaired) electrons. The lowest BCUT2D eigenvalue weighted by Crippen LogP contribution is -2.49. The van der Waals surface area contributed by atoms with E-state index < -0.39 is 17.7 Å². The van der Waals surface area contributed by atoms with Gasteiger partial charge < -0.3 is 30.3 Å². The molecular formula is C32H46N6O5. The number of benzene rings is 1. The molecule has 234 valence electrons. The van der Waals surface area contributed by atoms with Gasteiger partial charge in [0, 0.05) is 26.1 Å². The number of carbonyl (C=O) groups is 3. The van der Waals surface area contributed by atoms with Crippen molar-refractivity contribution in [2.24, 2.45) is 27.6 Å². The number of amidine groups is 1. The van der Waals surface area contributed by atoms with E-state index in [1.165, 1.54) is 0 Å². The van der Waals surface area contributed by atoms with Crippen molar-refractivity contribution in [1.82, 2.24) is 15.1 Å². The summed E-state index contributed by atoms with van der Waals surface area (Å²) in [5, 5.41) is 2.83. The fraction of sp³-hybridized carbons (Fsp3) is 0.656. The van der Waals surface area contributed by atoms with Crippen molar-refractivity contribution in [2.75, 3.05) is 26.2 Å². The molecule has 1 spiro atoms. The van der Waals surface area contributed by atoms with Crippen LogP contribution in [0, 0.1) is 11.8 Å². The highest BCUT2D eigenvalue weighted by molar-refractivity contribution is 6.28. The van der Waals surface area contributed by atoms with Gasteiger partial charge in [0.15, 0.2) is 0 Å². The number of hydrogen-bond donors (Lipinski definition) is 2. The van der Waals surface area contributed by atoms with Gasteiger partial charge >= 0.3 is 12.1 Å². The topological polar surface area (TPSA) is 139 Å². The minimum Gasteiger partial charge on any atom is -0.494 e. The zero-order valence-corrected chi connectivity index (χ0v) is 26.1. The van der Waals surface area contributed by atoms with Gasteiger partial charge in [0.2, 0.25) is 0 Å². The molecule has 3 aliphatic heterocycles. The van der Waals surface area contributed by atoms with E-state index in [9.17, 15) is 14.4 Å². The number of alkyl carbamates (subject to hydrolysis) is 1. The van der Waals surface area contributed by atoms with Crippen molar-refractivity contribution < 1.29 is 23.9 Å². The lowest BCUT2D eigenvalue weighted by Gasteiger charge is -2.34. The Bertz CT molecular complexity index is 1280. The minimum atomic E-state index is -0.860. The summed E-state index contributed by atoms with van der Waals surface area (Å²) in [7, 11) is 0. The van der Waals surface area contributed by atoms with E-state index in [-0.39, 0.29) is 23.5 Å². The van der Waals surface area contributed by atoms with Gasteiger partial charge in [0.05, 0.1) is 12.3 Å². The monoisotopic (exact) mass is 594 g/mol. The Balaban J connectivity index is 1.14. The molecule has 1 aliphatic carbocycles. The molecule has 1 aromatic rings. The van der Waals surface area contributed by atoms with Crippen LogP contribution >= 0.6 is 0 Å². The van der Waals surface area contributed by atoms with Gasteiger partial charge in [0.1, 0.15) is 34.8 Å². The second kappa shape index (κ2) is 12.2. The molecule has 43 heavy (non-hydrogen) atoms. The standard InChI is InChI=1S/C32H46N6O5/c1-6-24(33)34-29(40)37-17-12-21(13-18-37)20(2)14-19-42-23-10-8-22(9-11-23)25(35-30(41)43-31(3,4)5)28(39)38-16-7-15-32(38)26-27(32)36-26/h8-11,20-21,25-26H,6-7,12-19H2,1-5H3,(H,35,41)(H2,33,34,40)/t20-,25+,26?,32?/m1/s1. The largest absolute Gasteiger partial charge is 0.494 e. The van der Waals surface area contributed by atoms with Crippen LogP contribution in [0.15, 0.2) is 34.3 Å². The third kappa shape index (κ3) is 6.80. The Morgan fingerprint density at radius 2 is 1.84 bits per heavy atom. The number of likely N-dealkylation sites (tertiary alicyclic amines) is 2. The number of urea groups is 1. The van der Waals surface area contributed by atoms with Crippen LogP contribution in [0.4, 0.5) is 9.59 Å². The van der Waals surface area contributed by atoms with Crippen molar-refractivity contribution >= 4 is 29.6 Å². The van der Waals surface area contributed by atoms with Crippen LogP contribution < -0.4 is 15.8 Å². The molecule has 11 nitrogen and oxygen atoms in total. The Hall–Kier alpha value is -3.63. The average molecular weight is 595 g/mol. The Morgan fingerprint density at radius 3 is 2.42 bits per heavy atom. The fourth-order valence-electron chi connectivity index (χ4n) is 6.44. The second-order valence-corrected chi connectivity index (χ2v) is 13.3. The van der Waals surface area contributed by atoms with E-state index >= 15 is 0 Å². The molecule has 1 aromatic carbocycles. The lowest BCUT2D eigenvalue weighted by atomic mass is 9.84. The number of aliphatic imine (C=N–C) groups is 2. The molecule has 2 unspecified atom stereocenters. The van der Waals surface area contributed by atoms with Gasteiger partial charge in [-0.05, 0) is 82.4 Å². The highest BCUT2D eigenvalue weighted by Gasteiger charge is 2.77. The minimum absolute atomic E-state index is 0.130. The number of rotatable bonds is 9. The highest BCUT2D eigenvalue weighted by Crippen LogP contribution is 2.58. The molecule has 3 N–H and O–H groups in total. The predicted molar refractivity (Wildman–Crippen MR) is 164 cm³/mol. The van der Waals surface area contributed by atoms with Crippen LogP contribution in [0.1, 0.15) is 84.7 Å². The van der Waals surface area contributed by atoms with E-state index in [1.807, 2.05) is 36.1 Å². The summed E-state index contributed by atoms with van der Waals surface area (Å²) in [5.74, 6) is 1.92. The molecule has 0 aromatic heterocycles. The van der Waals surface area contributed by atoms with E-state index in [1.54, 1.807) is 25.7 Å². The van der Waals surface area contributed by atoms with E-state index in [0.29, 0.717) is 61.6 Å². The van der Waals surface area contributed by atoms with Crippen molar-refractivity contribution in [3.05, 3.63) is 29.8 Å². The number of ether oxygens (including phenoxy) is 2. The zero-order valence-electron chi connectivity index (χ0n) is 26.1. The van der Waals surface area contributed by atoms with Crippen LogP contribution in [0.5, 0.6) is 5.75 Å². The van der Waals surface area contributed by atoms with Gasteiger partial charge in [-0.2, -0.15) is 4.99 Å². The van der Waals surface area contributed by atoms with Crippen molar-refractivity contribution in [1.29, 1.82) is 0 Å². The van der Waals surface area contributed by atoms with E-state index in [4.69, 9.17) is 15.2 Å². The van der Waals surface area contributed by atoms with Crippen LogP contribution in [0.2, 0.25) is 0 Å². The maximum absolute atomic E-state index is 13.8. The molecular weight excluding hydrogens is 548 g/mol. The predicted octanol–water partition coefficient (Wildman–Crippen LogP) is 4.45. The molecule has 4 atom stereocenters. The first-order valence-corrected chi connectivity index (χ1v) is 15.7. The maximum Gasteiger partial charge on any atom is 0.408 e. The first-order valence-electron chi connectivity index (χ1n) is 15.7. The number of amides is 4. The molecule has 0 bridgehead atoms. The highest BCUT2D eigenvalue weighted by atomic mass is 16.6. The Labute approximate surface area is 254 Å². The van der Waals surface area contributed by atoms with Crippen LogP contribution in [-0.2, 0) is 9.53 Å². The fourth-order valence-corrected chi connectivity index (χ4v) is 6.44. The van der Waals surface area contributed by atoms with Crippen molar-refractivity contribution in [2.45, 2.75) is 96.4 Å². The van der Waals surface area contributed by atoms with Gasteiger partial charge in [-0.1, -0.05) is 26.0 Å². The molecule has 11 heteroatoms. The van der Waals surface area contributed by atoms with Crippen LogP contribution in [0.3, 0.4) is 0 Å². The number of nitrogens with one attached hydrogen (secondary N) is 1. The van der Waals surface area contributed by atoms with Gasteiger partial charge in [-0.3, -0.25) is 9.79 Å². The molecule has 2 saturated heterocycles. The number of nitrogens with two attached hydrogens (primary N) is 1. The summed E-state index contributed by atoms with van der Waals surface area (Å²) < 4.78 is 11.6. The molecule has 5 rings (SSSR count). The third-order valence-electron chi connectivity index (χ3n) is 9.14. The van der Waals surface area contributed by atoms with Gasteiger partial charge in [-0.15, -0.1) is 0 Å². The summed E-state index contributed by atoms with van der Waals surface area (Å²) >= 11 is 0. The summed E-state index contributed by atoms with van der Waals surface area (Å²) in [4.78, 5) is 50.9. The summed E-state index contributed by atoms with van der Waals surface area (Å²) in [6.07, 6.45) is 4.59. The van der Waals surface area contributed by atoms with E-state index in [2.05, 4.69) is 22.2 Å². The molecule has 3 fully saturated rings. The maximum atomic E-state index is 13.8. The Kier molecular flexibility index (Phi) is 8.72. The summed E-state index contributed by atoms with van der Waals surface area (Å²) in [6.45, 7) is 12.1. The van der Waals surface area contributed by atoms with E-state index in [0.717, 1.165) is 37.8 Å². The summed E-state index contributed by atoms with van der Waals surface area (Å²) in [5.41, 5.74) is 6.63. The number of hydrogen-bond acceptors (Lipinski definition) is 6. The van der Waals surface area contributed by atoms with Gasteiger partial charge in [0.25, 0.3) is 5.91 Å². The quantitative estimate of drug-likeness (QED) is 0.320. The molecule has 1 saturated carbocycles. The lowest BCUT2D eigenvalue weighted by molar-refractivity contribution is -0.135. The van der Waals surface area contributed by atoms with Crippen molar-refractivity contribution in [3.8, 4) is 5.75 Å². The summed E-state index contributed by atoms with van der Waals surface area (Å²) in [6, 6.07) is 6.47. The zero-order chi connectivity index (χ0) is 30.9. The number of carbonyl (C=O) groups excluding carboxylic acids is 3. The molecule has 4 amide bonds. The molecule has 3 heterocycles. The number of fused-ring (bicyclic) bond motifs is 3. The first kappa shape index (κ1) is 30.8.